The molecule has 4 heteroatoms. The van der Waals surface area contributed by atoms with Gasteiger partial charge in [-0.1, -0.05) is 29.8 Å². The number of hydrogen-bond donors (Lipinski definition) is 1. The predicted molar refractivity (Wildman–Crippen MR) is 69.9 cm³/mol. The molecule has 0 unspecified atom stereocenters. The molecular formula is C13H16ClN3. The summed E-state index contributed by atoms with van der Waals surface area (Å²) in [6.45, 7) is 2.83. The van der Waals surface area contributed by atoms with Gasteiger partial charge in [0.05, 0.1) is 6.54 Å². The second-order valence-corrected chi connectivity index (χ2v) is 4.49. The minimum absolute atomic E-state index is 0.209. The first kappa shape index (κ1) is 12.1. The van der Waals surface area contributed by atoms with Crippen molar-refractivity contribution in [1.82, 2.24) is 14.9 Å². The minimum atomic E-state index is 0.209. The second-order valence-electron chi connectivity index (χ2n) is 4.08. The molecule has 0 bridgehead atoms. The molecule has 0 fully saturated rings. The normalized spacial score (nSPS) is 12.6. The summed E-state index contributed by atoms with van der Waals surface area (Å²) in [5.41, 5.74) is 1.11. The summed E-state index contributed by atoms with van der Waals surface area (Å²) < 4.78 is 2.01. The topological polar surface area (TPSA) is 29.9 Å². The van der Waals surface area contributed by atoms with Crippen LogP contribution in [0.3, 0.4) is 0 Å². The molecule has 2 aromatic rings. The molecule has 1 heterocycles. The van der Waals surface area contributed by atoms with E-state index in [0.29, 0.717) is 0 Å². The summed E-state index contributed by atoms with van der Waals surface area (Å²) in [5, 5.41) is 4.21. The van der Waals surface area contributed by atoms with Crippen LogP contribution in [0.15, 0.2) is 36.7 Å². The Balaban J connectivity index is 2.01. The molecule has 0 aliphatic carbocycles. The lowest BCUT2D eigenvalue weighted by molar-refractivity contribution is 0.549. The van der Waals surface area contributed by atoms with Gasteiger partial charge in [0.25, 0.3) is 0 Å². The average Bonchev–Trinajstić information content (AvgIpc) is 2.72. The van der Waals surface area contributed by atoms with Crippen molar-refractivity contribution in [2.24, 2.45) is 7.05 Å². The number of aryl methyl sites for hydroxylation is 1. The molecule has 0 saturated heterocycles. The van der Waals surface area contributed by atoms with Crippen molar-refractivity contribution < 1.29 is 0 Å². The molecule has 0 amide bonds. The zero-order valence-electron chi connectivity index (χ0n) is 10.0. The first-order chi connectivity index (χ1) is 8.18. The molecule has 90 valence electrons. The maximum atomic E-state index is 6.15. The van der Waals surface area contributed by atoms with Crippen molar-refractivity contribution in [3.63, 3.8) is 0 Å². The highest BCUT2D eigenvalue weighted by Crippen LogP contribution is 2.22. The number of nitrogens with one attached hydrogen (secondary N) is 1. The number of halogens is 1. The Bertz CT molecular complexity index is 493. The minimum Gasteiger partial charge on any atom is -0.337 e. The lowest BCUT2D eigenvalue weighted by Gasteiger charge is -2.15. The Morgan fingerprint density at radius 3 is 2.82 bits per heavy atom. The van der Waals surface area contributed by atoms with E-state index in [1.54, 1.807) is 6.20 Å². The molecule has 2 rings (SSSR count). The summed E-state index contributed by atoms with van der Waals surface area (Å²) in [5.74, 6) is 1.02. The van der Waals surface area contributed by atoms with E-state index < -0.39 is 0 Å². The average molecular weight is 250 g/mol. The van der Waals surface area contributed by atoms with Crippen LogP contribution in [0.4, 0.5) is 0 Å². The van der Waals surface area contributed by atoms with E-state index in [4.69, 9.17) is 11.6 Å². The lowest BCUT2D eigenvalue weighted by Crippen LogP contribution is -2.20. The highest BCUT2D eigenvalue weighted by molar-refractivity contribution is 6.31. The summed E-state index contributed by atoms with van der Waals surface area (Å²) >= 11 is 6.15. The first-order valence-corrected chi connectivity index (χ1v) is 6.00. The second kappa shape index (κ2) is 5.34. The maximum Gasteiger partial charge on any atom is 0.122 e. The fourth-order valence-corrected chi connectivity index (χ4v) is 2.05. The molecule has 0 spiro atoms. The standard InChI is InChI=1S/C13H16ClN3/c1-10(11-5-3-4-6-12(11)14)16-9-13-15-7-8-17(13)2/h3-8,10,16H,9H2,1-2H3/t10-/m0/s1. The summed E-state index contributed by atoms with van der Waals surface area (Å²) in [6, 6.07) is 8.10. The van der Waals surface area contributed by atoms with Crippen molar-refractivity contribution >= 4 is 11.6 Å². The van der Waals surface area contributed by atoms with Gasteiger partial charge in [-0.25, -0.2) is 4.98 Å². The van der Waals surface area contributed by atoms with Crippen LogP contribution in [0, 0.1) is 0 Å². The summed E-state index contributed by atoms with van der Waals surface area (Å²) in [7, 11) is 1.99. The van der Waals surface area contributed by atoms with E-state index in [1.807, 2.05) is 42.1 Å². The number of benzene rings is 1. The Kier molecular flexibility index (Phi) is 3.82. The van der Waals surface area contributed by atoms with Gasteiger partial charge in [-0.2, -0.15) is 0 Å². The van der Waals surface area contributed by atoms with Crippen LogP contribution in [0.2, 0.25) is 5.02 Å². The summed E-state index contributed by atoms with van der Waals surface area (Å²) in [4.78, 5) is 4.27. The van der Waals surface area contributed by atoms with Crippen LogP contribution >= 0.6 is 11.6 Å². The van der Waals surface area contributed by atoms with Crippen LogP contribution in [0.5, 0.6) is 0 Å². The largest absolute Gasteiger partial charge is 0.337 e. The van der Waals surface area contributed by atoms with Crippen LogP contribution < -0.4 is 5.32 Å². The molecule has 1 atom stereocenters. The molecule has 0 aliphatic rings. The fraction of sp³-hybridized carbons (Fsp3) is 0.308. The zero-order valence-corrected chi connectivity index (χ0v) is 10.8. The van der Waals surface area contributed by atoms with E-state index >= 15 is 0 Å². The van der Waals surface area contributed by atoms with Crippen LogP contribution in [-0.2, 0) is 13.6 Å². The van der Waals surface area contributed by atoms with Gasteiger partial charge in [-0.15, -0.1) is 0 Å². The van der Waals surface area contributed by atoms with Crippen molar-refractivity contribution in [3.05, 3.63) is 53.1 Å². The van der Waals surface area contributed by atoms with Gasteiger partial charge < -0.3 is 9.88 Å². The zero-order chi connectivity index (χ0) is 12.3. The monoisotopic (exact) mass is 249 g/mol. The van der Waals surface area contributed by atoms with Gasteiger partial charge in [0, 0.05) is 30.5 Å². The third-order valence-corrected chi connectivity index (χ3v) is 3.20. The van der Waals surface area contributed by atoms with Crippen LogP contribution in [-0.4, -0.2) is 9.55 Å². The van der Waals surface area contributed by atoms with Crippen molar-refractivity contribution in [2.75, 3.05) is 0 Å². The van der Waals surface area contributed by atoms with Gasteiger partial charge in [0.15, 0.2) is 0 Å². The van der Waals surface area contributed by atoms with Crippen LogP contribution in [0.1, 0.15) is 24.4 Å². The Morgan fingerprint density at radius 1 is 1.41 bits per heavy atom. The Morgan fingerprint density at radius 2 is 2.18 bits per heavy atom. The third kappa shape index (κ3) is 2.87. The number of rotatable bonds is 4. The maximum absolute atomic E-state index is 6.15. The van der Waals surface area contributed by atoms with E-state index in [-0.39, 0.29) is 6.04 Å². The van der Waals surface area contributed by atoms with Gasteiger partial charge >= 0.3 is 0 Å². The molecule has 0 radical (unpaired) electrons. The number of aromatic nitrogens is 2. The predicted octanol–water partition coefficient (Wildman–Crippen LogP) is 2.92. The van der Waals surface area contributed by atoms with Crippen molar-refractivity contribution in [3.8, 4) is 0 Å². The van der Waals surface area contributed by atoms with Gasteiger partial charge in [0.2, 0.25) is 0 Å². The van der Waals surface area contributed by atoms with Crippen molar-refractivity contribution in [1.29, 1.82) is 0 Å². The Labute approximate surface area is 106 Å². The van der Waals surface area contributed by atoms with Gasteiger partial charge in [-0.3, -0.25) is 0 Å². The smallest absolute Gasteiger partial charge is 0.122 e. The fourth-order valence-electron chi connectivity index (χ4n) is 1.75. The highest BCUT2D eigenvalue weighted by Gasteiger charge is 2.09. The molecule has 3 nitrogen and oxygen atoms in total. The SMILES string of the molecule is C[C@H](NCc1nccn1C)c1ccccc1Cl. The molecule has 1 aromatic heterocycles. The lowest BCUT2D eigenvalue weighted by atomic mass is 10.1. The summed E-state index contributed by atoms with van der Waals surface area (Å²) in [6.07, 6.45) is 3.74. The molecule has 1 N–H and O–H groups in total. The van der Waals surface area contributed by atoms with E-state index in [9.17, 15) is 0 Å². The quantitative estimate of drug-likeness (QED) is 0.903. The van der Waals surface area contributed by atoms with Gasteiger partial charge in [0.1, 0.15) is 5.82 Å². The van der Waals surface area contributed by atoms with Gasteiger partial charge in [-0.05, 0) is 18.6 Å². The van der Waals surface area contributed by atoms with E-state index in [0.717, 1.165) is 23.0 Å². The highest BCUT2D eigenvalue weighted by atomic mass is 35.5. The number of nitrogens with zero attached hydrogens (tertiary/aromatic N) is 2. The van der Waals surface area contributed by atoms with E-state index in [1.165, 1.54) is 0 Å². The molecule has 17 heavy (non-hydrogen) atoms. The molecule has 0 saturated carbocycles. The first-order valence-electron chi connectivity index (χ1n) is 5.62. The molecule has 0 aliphatic heterocycles. The number of imidazole rings is 1. The molecule has 1 aromatic carbocycles. The number of hydrogen-bond acceptors (Lipinski definition) is 2. The molecular weight excluding hydrogens is 234 g/mol. The van der Waals surface area contributed by atoms with Crippen molar-refractivity contribution in [2.45, 2.75) is 19.5 Å². The Hall–Kier alpha value is -1.32. The third-order valence-electron chi connectivity index (χ3n) is 2.86. The van der Waals surface area contributed by atoms with Crippen LogP contribution in [0.25, 0.3) is 0 Å². The van der Waals surface area contributed by atoms with E-state index in [2.05, 4.69) is 17.2 Å².